The molecule has 2 atom stereocenters. The van der Waals surface area contributed by atoms with E-state index < -0.39 is 0 Å². The predicted octanol–water partition coefficient (Wildman–Crippen LogP) is 3.43. The molecule has 3 fully saturated rings. The van der Waals surface area contributed by atoms with Crippen LogP contribution in [0.3, 0.4) is 0 Å². The first-order valence-electron chi connectivity index (χ1n) is 6.65. The van der Waals surface area contributed by atoms with Crippen molar-refractivity contribution in [3.63, 3.8) is 0 Å². The van der Waals surface area contributed by atoms with Crippen LogP contribution < -0.4 is 5.32 Å². The third-order valence-electron chi connectivity index (χ3n) is 5.52. The molecule has 2 saturated carbocycles. The Balaban J connectivity index is 1.85. The van der Waals surface area contributed by atoms with Crippen molar-refractivity contribution < 1.29 is 0 Å². The van der Waals surface area contributed by atoms with E-state index in [2.05, 4.69) is 30.4 Å². The van der Waals surface area contributed by atoms with E-state index in [4.69, 9.17) is 11.6 Å². The van der Waals surface area contributed by atoms with Gasteiger partial charge in [-0.2, -0.15) is 0 Å². The Morgan fingerprint density at radius 3 is 2.76 bits per heavy atom. The zero-order valence-electron chi connectivity index (χ0n) is 10.2. The Hall–Kier alpha value is -0.530. The zero-order valence-corrected chi connectivity index (χ0v) is 11.0. The lowest BCUT2D eigenvalue weighted by Gasteiger charge is -2.36. The Morgan fingerprint density at radius 2 is 2.12 bits per heavy atom. The zero-order chi connectivity index (χ0) is 11.7. The van der Waals surface area contributed by atoms with E-state index in [1.165, 1.54) is 36.8 Å². The maximum absolute atomic E-state index is 6.32. The fourth-order valence-electron chi connectivity index (χ4n) is 4.35. The van der Waals surface area contributed by atoms with Gasteiger partial charge in [-0.15, -0.1) is 0 Å². The number of aryl methyl sites for hydroxylation is 1. The van der Waals surface area contributed by atoms with Crippen molar-refractivity contribution in [2.45, 2.75) is 44.1 Å². The van der Waals surface area contributed by atoms with E-state index in [0.29, 0.717) is 10.8 Å². The molecule has 3 aliphatic rings. The van der Waals surface area contributed by atoms with Crippen LogP contribution in [0.2, 0.25) is 5.02 Å². The molecule has 2 unspecified atom stereocenters. The van der Waals surface area contributed by atoms with Crippen LogP contribution in [0.15, 0.2) is 18.2 Å². The quantitative estimate of drug-likeness (QED) is 0.802. The second kappa shape index (κ2) is 3.07. The van der Waals surface area contributed by atoms with Crippen LogP contribution in [0.5, 0.6) is 0 Å². The Kier molecular flexibility index (Phi) is 1.88. The van der Waals surface area contributed by atoms with Crippen LogP contribution in [-0.4, -0.2) is 12.6 Å². The van der Waals surface area contributed by atoms with E-state index in [-0.39, 0.29) is 0 Å². The van der Waals surface area contributed by atoms with Gasteiger partial charge >= 0.3 is 0 Å². The van der Waals surface area contributed by atoms with Gasteiger partial charge in [-0.05, 0) is 55.2 Å². The minimum absolute atomic E-state index is 0.398. The van der Waals surface area contributed by atoms with Crippen molar-refractivity contribution in [3.05, 3.63) is 34.3 Å². The molecule has 17 heavy (non-hydrogen) atoms. The maximum atomic E-state index is 6.32. The minimum atomic E-state index is 0.398. The van der Waals surface area contributed by atoms with Crippen molar-refractivity contribution in [1.29, 1.82) is 0 Å². The molecule has 0 radical (unpaired) electrons. The summed E-state index contributed by atoms with van der Waals surface area (Å²) < 4.78 is 0. The monoisotopic (exact) mass is 247 g/mol. The Labute approximate surface area is 108 Å². The number of fused-ring (bicyclic) bond motifs is 3. The van der Waals surface area contributed by atoms with Gasteiger partial charge in [-0.3, -0.25) is 0 Å². The highest BCUT2D eigenvalue weighted by Gasteiger charge is 2.67. The molecule has 1 heterocycles. The number of rotatable bonds is 1. The summed E-state index contributed by atoms with van der Waals surface area (Å²) in [5, 5.41) is 4.62. The smallest absolute Gasteiger partial charge is 0.0438 e. The molecule has 4 rings (SSSR count). The van der Waals surface area contributed by atoms with E-state index in [1.54, 1.807) is 0 Å². The van der Waals surface area contributed by atoms with Crippen molar-refractivity contribution in [2.24, 2.45) is 5.41 Å². The predicted molar refractivity (Wildman–Crippen MR) is 70.6 cm³/mol. The molecule has 0 aromatic heterocycles. The van der Waals surface area contributed by atoms with Gasteiger partial charge in [0.05, 0.1) is 0 Å². The standard InChI is InChI=1S/C15H18ClN/c1-10-2-3-11(6-13(10)16)15-8-12(17-9-15)7-14(15)4-5-14/h2-3,6,12,17H,4-5,7-9H2,1H3. The SMILES string of the molecule is Cc1ccc(C23CNC(CC24CC4)C3)cc1Cl. The lowest BCUT2D eigenvalue weighted by atomic mass is 9.70. The molecule has 1 aromatic rings. The molecule has 2 heteroatoms. The van der Waals surface area contributed by atoms with Crippen LogP contribution in [-0.2, 0) is 5.41 Å². The second-order valence-electron chi connectivity index (χ2n) is 6.31. The fraction of sp³-hybridized carbons (Fsp3) is 0.600. The van der Waals surface area contributed by atoms with Gasteiger partial charge in [0, 0.05) is 23.0 Å². The normalized spacial score (nSPS) is 36.7. The third-order valence-corrected chi connectivity index (χ3v) is 5.92. The summed E-state index contributed by atoms with van der Waals surface area (Å²) in [5.74, 6) is 0. The second-order valence-corrected chi connectivity index (χ2v) is 6.72. The van der Waals surface area contributed by atoms with Crippen LogP contribution in [0.4, 0.5) is 0 Å². The number of hydrogen-bond acceptors (Lipinski definition) is 1. The van der Waals surface area contributed by atoms with Crippen molar-refractivity contribution >= 4 is 11.6 Å². The summed E-state index contributed by atoms with van der Waals surface area (Å²) in [6.45, 7) is 3.25. The first-order valence-corrected chi connectivity index (χ1v) is 7.03. The molecule has 2 bridgehead atoms. The largest absolute Gasteiger partial charge is 0.313 e. The maximum Gasteiger partial charge on any atom is 0.0438 e. The fourth-order valence-corrected chi connectivity index (χ4v) is 4.53. The molecular weight excluding hydrogens is 230 g/mol. The molecule has 1 aliphatic heterocycles. The molecular formula is C15H18ClN. The Bertz CT molecular complexity index is 492. The van der Waals surface area contributed by atoms with Gasteiger partial charge in [0.2, 0.25) is 0 Å². The van der Waals surface area contributed by atoms with Crippen molar-refractivity contribution in [3.8, 4) is 0 Å². The van der Waals surface area contributed by atoms with Gasteiger partial charge in [0.25, 0.3) is 0 Å². The van der Waals surface area contributed by atoms with Gasteiger partial charge in [-0.25, -0.2) is 0 Å². The number of halogens is 1. The molecule has 0 amide bonds. The van der Waals surface area contributed by atoms with E-state index in [0.717, 1.165) is 17.6 Å². The summed E-state index contributed by atoms with van der Waals surface area (Å²) in [6, 6.07) is 7.49. The molecule has 1 nitrogen and oxygen atoms in total. The highest BCUT2D eigenvalue weighted by atomic mass is 35.5. The van der Waals surface area contributed by atoms with Crippen LogP contribution >= 0.6 is 11.6 Å². The van der Waals surface area contributed by atoms with E-state index in [1.807, 2.05) is 0 Å². The summed E-state index contributed by atoms with van der Waals surface area (Å²) in [5.41, 5.74) is 3.70. The van der Waals surface area contributed by atoms with Crippen LogP contribution in [0, 0.1) is 12.3 Å². The average molecular weight is 248 g/mol. The number of nitrogens with one attached hydrogen (secondary N) is 1. The van der Waals surface area contributed by atoms with Gasteiger partial charge in [0.15, 0.2) is 0 Å². The molecule has 2 aliphatic carbocycles. The topological polar surface area (TPSA) is 12.0 Å². The van der Waals surface area contributed by atoms with E-state index in [9.17, 15) is 0 Å². The van der Waals surface area contributed by atoms with Crippen LogP contribution in [0.25, 0.3) is 0 Å². The third kappa shape index (κ3) is 1.19. The minimum Gasteiger partial charge on any atom is -0.313 e. The summed E-state index contributed by atoms with van der Waals surface area (Å²) in [4.78, 5) is 0. The van der Waals surface area contributed by atoms with Gasteiger partial charge in [0.1, 0.15) is 0 Å². The molecule has 1 aromatic carbocycles. The molecule has 90 valence electrons. The highest BCUT2D eigenvalue weighted by Crippen LogP contribution is 2.70. The average Bonchev–Trinajstić information content (AvgIpc) is 2.85. The number of benzene rings is 1. The number of piperidine rings is 1. The summed E-state index contributed by atoms with van der Waals surface area (Å²) in [6.07, 6.45) is 5.57. The molecule has 1 spiro atoms. The van der Waals surface area contributed by atoms with Crippen LogP contribution in [0.1, 0.15) is 36.8 Å². The lowest BCUT2D eigenvalue weighted by molar-refractivity contribution is 0.272. The van der Waals surface area contributed by atoms with Crippen molar-refractivity contribution in [1.82, 2.24) is 5.32 Å². The molecule has 1 saturated heterocycles. The summed E-state index contributed by atoms with van der Waals surface area (Å²) >= 11 is 6.32. The van der Waals surface area contributed by atoms with Gasteiger partial charge < -0.3 is 5.32 Å². The van der Waals surface area contributed by atoms with Crippen molar-refractivity contribution in [2.75, 3.05) is 6.54 Å². The first-order chi connectivity index (χ1) is 8.15. The number of hydrogen-bond donors (Lipinski definition) is 1. The first kappa shape index (κ1) is 10.4. The molecule has 1 N–H and O–H groups in total. The summed E-state index contributed by atoms with van der Waals surface area (Å²) in [7, 11) is 0. The van der Waals surface area contributed by atoms with E-state index >= 15 is 0 Å². The lowest BCUT2D eigenvalue weighted by Crippen LogP contribution is -2.41. The van der Waals surface area contributed by atoms with Gasteiger partial charge in [-0.1, -0.05) is 23.7 Å². The Morgan fingerprint density at radius 1 is 1.29 bits per heavy atom. The highest BCUT2D eigenvalue weighted by molar-refractivity contribution is 6.31.